The third-order valence-electron chi connectivity index (χ3n) is 6.51. The molecule has 0 radical (unpaired) electrons. The van der Waals surface area contributed by atoms with Gasteiger partial charge in [-0.05, 0) is 48.7 Å². The highest BCUT2D eigenvalue weighted by Gasteiger charge is 2.38. The lowest BCUT2D eigenvalue weighted by Crippen LogP contribution is -2.44. The van der Waals surface area contributed by atoms with E-state index in [-0.39, 0.29) is 24.1 Å². The molecule has 2 aromatic heterocycles. The highest BCUT2D eigenvalue weighted by Crippen LogP contribution is 2.31. The summed E-state index contributed by atoms with van der Waals surface area (Å²) in [7, 11) is 0. The Morgan fingerprint density at radius 1 is 1.05 bits per heavy atom. The van der Waals surface area contributed by atoms with Crippen molar-refractivity contribution < 1.29 is 23.9 Å². The van der Waals surface area contributed by atoms with E-state index in [0.29, 0.717) is 34.2 Å². The highest BCUT2D eigenvalue weighted by molar-refractivity contribution is 6.04. The first-order valence-corrected chi connectivity index (χ1v) is 12.2. The van der Waals surface area contributed by atoms with E-state index in [1.807, 2.05) is 42.5 Å². The van der Waals surface area contributed by atoms with E-state index in [1.165, 1.54) is 11.1 Å². The van der Waals surface area contributed by atoms with Crippen molar-refractivity contribution in [3.8, 4) is 22.7 Å². The van der Waals surface area contributed by atoms with E-state index < -0.39 is 17.9 Å². The van der Waals surface area contributed by atoms with Gasteiger partial charge in [-0.1, -0.05) is 44.2 Å². The van der Waals surface area contributed by atoms with Crippen LogP contribution in [-0.4, -0.2) is 43.8 Å². The number of carbonyl (C=O) groups is 3. The zero-order valence-corrected chi connectivity index (χ0v) is 21.1. The van der Waals surface area contributed by atoms with E-state index >= 15 is 0 Å². The number of nitrogens with zero attached hydrogens (tertiary/aromatic N) is 3. The van der Waals surface area contributed by atoms with Crippen LogP contribution >= 0.6 is 0 Å². The number of anilines is 1. The summed E-state index contributed by atoms with van der Waals surface area (Å²) >= 11 is 0. The summed E-state index contributed by atoms with van der Waals surface area (Å²) in [5.74, 6) is -1.17. The molecule has 1 aliphatic rings. The molecule has 2 amide bonds. The molecule has 4 aromatic rings. The van der Waals surface area contributed by atoms with Crippen LogP contribution in [0.15, 0.2) is 71.3 Å². The molecule has 0 bridgehead atoms. The van der Waals surface area contributed by atoms with Crippen molar-refractivity contribution in [3.63, 3.8) is 0 Å². The van der Waals surface area contributed by atoms with Crippen molar-refractivity contribution in [3.05, 3.63) is 89.4 Å². The van der Waals surface area contributed by atoms with E-state index in [0.717, 1.165) is 11.1 Å². The number of carboxylic acids is 1. The van der Waals surface area contributed by atoms with Crippen LogP contribution in [0.1, 0.15) is 46.0 Å². The lowest BCUT2D eigenvalue weighted by molar-refractivity contribution is -0.144. The number of pyridine rings is 1. The molecule has 9 heteroatoms. The molecule has 5 rings (SSSR count). The van der Waals surface area contributed by atoms with Crippen LogP contribution in [0.25, 0.3) is 22.7 Å². The van der Waals surface area contributed by atoms with Crippen molar-refractivity contribution in [2.24, 2.45) is 5.92 Å². The number of oxazole rings is 1. The third-order valence-corrected chi connectivity index (χ3v) is 6.51. The minimum atomic E-state index is -1.02. The first-order chi connectivity index (χ1) is 18.2. The quantitative estimate of drug-likeness (QED) is 0.357. The Morgan fingerprint density at radius 2 is 1.82 bits per heavy atom. The van der Waals surface area contributed by atoms with Gasteiger partial charge in [-0.2, -0.15) is 0 Å². The van der Waals surface area contributed by atoms with Gasteiger partial charge in [0.2, 0.25) is 5.89 Å². The van der Waals surface area contributed by atoms with E-state index in [9.17, 15) is 19.5 Å². The summed E-state index contributed by atoms with van der Waals surface area (Å²) in [5, 5.41) is 12.4. The minimum absolute atomic E-state index is 0.190. The van der Waals surface area contributed by atoms with Gasteiger partial charge in [-0.15, -0.1) is 0 Å². The molecule has 38 heavy (non-hydrogen) atoms. The zero-order chi connectivity index (χ0) is 27.0. The molecular weight excluding hydrogens is 484 g/mol. The van der Waals surface area contributed by atoms with Crippen LogP contribution in [0, 0.1) is 12.8 Å². The molecule has 0 saturated carbocycles. The van der Waals surface area contributed by atoms with Crippen molar-refractivity contribution in [2.45, 2.75) is 33.4 Å². The number of aliphatic carboxylic acids is 1. The average molecular weight is 511 g/mol. The van der Waals surface area contributed by atoms with E-state index in [4.69, 9.17) is 4.42 Å². The number of aromatic nitrogens is 2. The second-order valence-corrected chi connectivity index (χ2v) is 9.51. The summed E-state index contributed by atoms with van der Waals surface area (Å²) in [4.78, 5) is 47.8. The maximum Gasteiger partial charge on any atom is 0.326 e. The molecule has 1 atom stereocenters. The lowest BCUT2D eigenvalue weighted by atomic mass is 10.0. The monoisotopic (exact) mass is 510 g/mol. The number of nitrogens with one attached hydrogen (secondary N) is 1. The second-order valence-electron chi connectivity index (χ2n) is 9.51. The zero-order valence-electron chi connectivity index (χ0n) is 21.1. The highest BCUT2D eigenvalue weighted by atomic mass is 16.4. The Morgan fingerprint density at radius 3 is 2.47 bits per heavy atom. The van der Waals surface area contributed by atoms with Crippen LogP contribution in [0.2, 0.25) is 0 Å². The average Bonchev–Trinajstić information content (AvgIpc) is 3.44. The van der Waals surface area contributed by atoms with Crippen LogP contribution in [0.3, 0.4) is 0 Å². The van der Waals surface area contributed by atoms with Gasteiger partial charge in [0, 0.05) is 23.2 Å². The van der Waals surface area contributed by atoms with Crippen molar-refractivity contribution in [1.29, 1.82) is 0 Å². The fourth-order valence-electron chi connectivity index (χ4n) is 4.63. The third kappa shape index (κ3) is 4.66. The standard InChI is InChI=1S/C29H26N4O5/c1-16(2)25(29(36)37)33-15-20-10-9-19(13-22(20)28(33)35)23-12-11-21(14-30-23)31-26(34)24-17(3)38-27(32-24)18-7-5-4-6-8-18/h4-14,16,25H,15H2,1-3H3,(H,31,34)(H,36,37)/t25-/m0/s1. The van der Waals surface area contributed by atoms with Gasteiger partial charge < -0.3 is 19.7 Å². The first-order valence-electron chi connectivity index (χ1n) is 12.2. The number of fused-ring (bicyclic) bond motifs is 1. The SMILES string of the molecule is Cc1oc(-c2ccccc2)nc1C(=O)Nc1ccc(-c2ccc3c(c2)C(=O)N([C@H](C(=O)O)C(C)C)C3)nc1. The number of aryl methyl sites for hydroxylation is 1. The number of rotatable bonds is 7. The predicted octanol–water partition coefficient (Wildman–Crippen LogP) is 5.03. The van der Waals surface area contributed by atoms with Crippen LogP contribution in [0.4, 0.5) is 5.69 Å². The van der Waals surface area contributed by atoms with Gasteiger partial charge in [-0.3, -0.25) is 14.6 Å². The van der Waals surface area contributed by atoms with Crippen molar-refractivity contribution >= 4 is 23.5 Å². The van der Waals surface area contributed by atoms with Crippen molar-refractivity contribution in [1.82, 2.24) is 14.9 Å². The number of amides is 2. The minimum Gasteiger partial charge on any atom is -0.480 e. The van der Waals surface area contributed by atoms with Crippen LogP contribution in [0.5, 0.6) is 0 Å². The normalized spacial score (nSPS) is 13.5. The molecule has 0 aliphatic carbocycles. The Balaban J connectivity index is 1.31. The van der Waals surface area contributed by atoms with Gasteiger partial charge in [-0.25, -0.2) is 9.78 Å². The van der Waals surface area contributed by atoms with E-state index in [1.54, 1.807) is 39.0 Å². The van der Waals surface area contributed by atoms with Crippen LogP contribution < -0.4 is 5.32 Å². The number of hydrogen-bond acceptors (Lipinski definition) is 6. The summed E-state index contributed by atoms with van der Waals surface area (Å²) in [6, 6.07) is 17.3. The molecule has 0 saturated heterocycles. The largest absolute Gasteiger partial charge is 0.480 e. The van der Waals surface area contributed by atoms with Crippen LogP contribution in [-0.2, 0) is 11.3 Å². The molecule has 3 heterocycles. The summed E-state index contributed by atoms with van der Waals surface area (Å²) < 4.78 is 5.68. The smallest absolute Gasteiger partial charge is 0.326 e. The van der Waals surface area contributed by atoms with E-state index in [2.05, 4.69) is 15.3 Å². The number of benzene rings is 2. The Labute approximate surface area is 219 Å². The maximum atomic E-state index is 13.0. The molecule has 2 N–H and O–H groups in total. The number of hydrogen-bond donors (Lipinski definition) is 2. The number of carboxylic acid groups (broad SMARTS) is 1. The van der Waals surface area contributed by atoms with Gasteiger partial charge in [0.1, 0.15) is 11.8 Å². The number of carbonyl (C=O) groups excluding carboxylic acids is 2. The molecular formula is C29H26N4O5. The van der Waals surface area contributed by atoms with Gasteiger partial charge >= 0.3 is 5.97 Å². The molecule has 2 aromatic carbocycles. The fourth-order valence-corrected chi connectivity index (χ4v) is 4.63. The Hall–Kier alpha value is -4.79. The fraction of sp³-hybridized carbons (Fsp3) is 0.207. The molecule has 0 unspecified atom stereocenters. The van der Waals surface area contributed by atoms with Gasteiger partial charge in [0.25, 0.3) is 11.8 Å². The molecule has 0 fully saturated rings. The summed E-state index contributed by atoms with van der Waals surface area (Å²) in [6.07, 6.45) is 1.53. The Bertz CT molecular complexity index is 1530. The summed E-state index contributed by atoms with van der Waals surface area (Å²) in [6.45, 7) is 5.52. The lowest BCUT2D eigenvalue weighted by Gasteiger charge is -2.27. The molecule has 192 valence electrons. The summed E-state index contributed by atoms with van der Waals surface area (Å²) in [5.41, 5.74) is 4.03. The second kappa shape index (κ2) is 9.93. The van der Waals surface area contributed by atoms with Crippen molar-refractivity contribution in [2.75, 3.05) is 5.32 Å². The molecule has 0 spiro atoms. The first kappa shape index (κ1) is 24.9. The van der Waals surface area contributed by atoms with Gasteiger partial charge in [0.05, 0.1) is 17.6 Å². The molecule has 1 aliphatic heterocycles. The predicted molar refractivity (Wildman–Crippen MR) is 140 cm³/mol. The topological polar surface area (TPSA) is 126 Å². The Kier molecular flexibility index (Phi) is 6.50. The van der Waals surface area contributed by atoms with Gasteiger partial charge in [0.15, 0.2) is 5.69 Å². The molecule has 9 nitrogen and oxygen atoms in total. The maximum absolute atomic E-state index is 13.0.